The summed E-state index contributed by atoms with van der Waals surface area (Å²) in [5, 5.41) is 2.81. The number of ether oxygens (including phenoxy) is 2. The molecule has 0 saturated carbocycles. The molecule has 1 amide bonds. The Bertz CT molecular complexity index is 1020. The zero-order valence-electron chi connectivity index (χ0n) is 15.5. The molecule has 3 rings (SSSR count). The normalized spacial score (nSPS) is 10.6. The summed E-state index contributed by atoms with van der Waals surface area (Å²) < 4.78 is 12.0. The van der Waals surface area contributed by atoms with Crippen LogP contribution in [0.25, 0.3) is 11.0 Å². The number of carbonyl (C=O) groups excluding carboxylic acids is 1. The third-order valence-electron chi connectivity index (χ3n) is 4.21. The fraction of sp³-hybridized carbons (Fsp3) is 0.250. The maximum Gasteiger partial charge on any atom is 0.272 e. The highest BCUT2D eigenvalue weighted by molar-refractivity contribution is 5.91. The number of fused-ring (bicyclic) bond motifs is 1. The fourth-order valence-corrected chi connectivity index (χ4v) is 2.86. The Balaban J connectivity index is 1.78. The van der Waals surface area contributed by atoms with Gasteiger partial charge in [0, 0.05) is 36.9 Å². The van der Waals surface area contributed by atoms with Crippen LogP contribution in [0.15, 0.2) is 47.3 Å². The first-order chi connectivity index (χ1) is 13.0. The zero-order chi connectivity index (χ0) is 19.4. The SMILES string of the molecule is COc1cc(NC(=O)CCn2c(=O)c(C)nc3ccccc32)cc(OC)c1. The van der Waals surface area contributed by atoms with Gasteiger partial charge in [0.05, 0.1) is 25.3 Å². The van der Waals surface area contributed by atoms with Gasteiger partial charge in [-0.2, -0.15) is 0 Å². The van der Waals surface area contributed by atoms with Gasteiger partial charge in [-0.15, -0.1) is 0 Å². The van der Waals surface area contributed by atoms with Crippen molar-refractivity contribution in [1.82, 2.24) is 9.55 Å². The molecule has 140 valence electrons. The Morgan fingerprint density at radius 2 is 1.78 bits per heavy atom. The molecule has 0 atom stereocenters. The van der Waals surface area contributed by atoms with Gasteiger partial charge in [0.25, 0.3) is 5.56 Å². The summed E-state index contributed by atoms with van der Waals surface area (Å²) in [6.07, 6.45) is 0.146. The first kappa shape index (κ1) is 18.4. The molecule has 1 N–H and O–H groups in total. The van der Waals surface area contributed by atoms with Crippen molar-refractivity contribution in [1.29, 1.82) is 0 Å². The van der Waals surface area contributed by atoms with Crippen LogP contribution >= 0.6 is 0 Å². The molecule has 27 heavy (non-hydrogen) atoms. The highest BCUT2D eigenvalue weighted by atomic mass is 16.5. The second kappa shape index (κ2) is 7.90. The van der Waals surface area contributed by atoms with Crippen molar-refractivity contribution in [3.05, 3.63) is 58.5 Å². The molecule has 0 bridgehead atoms. The van der Waals surface area contributed by atoms with Gasteiger partial charge < -0.3 is 19.4 Å². The van der Waals surface area contributed by atoms with Crippen LogP contribution in [0.4, 0.5) is 5.69 Å². The third kappa shape index (κ3) is 4.08. The number of aromatic nitrogens is 2. The lowest BCUT2D eigenvalue weighted by atomic mass is 10.2. The van der Waals surface area contributed by atoms with Crippen molar-refractivity contribution in [3.63, 3.8) is 0 Å². The van der Waals surface area contributed by atoms with E-state index >= 15 is 0 Å². The summed E-state index contributed by atoms with van der Waals surface area (Å²) >= 11 is 0. The average molecular weight is 367 g/mol. The van der Waals surface area contributed by atoms with E-state index in [4.69, 9.17) is 9.47 Å². The van der Waals surface area contributed by atoms with Crippen molar-refractivity contribution < 1.29 is 14.3 Å². The number of hydrogen-bond acceptors (Lipinski definition) is 5. The van der Waals surface area contributed by atoms with Crippen LogP contribution in [0.5, 0.6) is 11.5 Å². The van der Waals surface area contributed by atoms with Crippen LogP contribution in [-0.2, 0) is 11.3 Å². The maximum atomic E-state index is 12.5. The number of aryl methyl sites for hydroxylation is 2. The molecule has 3 aromatic rings. The minimum atomic E-state index is -0.212. The van der Waals surface area contributed by atoms with E-state index in [1.165, 1.54) is 0 Å². The molecule has 0 saturated heterocycles. The van der Waals surface area contributed by atoms with Gasteiger partial charge in [0.15, 0.2) is 0 Å². The second-order valence-electron chi connectivity index (χ2n) is 6.04. The number of carbonyl (C=O) groups is 1. The summed E-state index contributed by atoms with van der Waals surface area (Å²) in [5.41, 5.74) is 2.23. The van der Waals surface area contributed by atoms with Crippen molar-refractivity contribution in [2.24, 2.45) is 0 Å². The molecule has 1 heterocycles. The number of nitrogens with zero attached hydrogens (tertiary/aromatic N) is 2. The molecule has 1 aromatic heterocycles. The van der Waals surface area contributed by atoms with Crippen molar-refractivity contribution in [3.8, 4) is 11.5 Å². The molecule has 7 heteroatoms. The topological polar surface area (TPSA) is 82.5 Å². The average Bonchev–Trinajstić information content (AvgIpc) is 2.68. The van der Waals surface area contributed by atoms with Gasteiger partial charge in [0.2, 0.25) is 5.91 Å². The standard InChI is InChI=1S/C20H21N3O4/c1-13-20(25)23(18-7-5-4-6-17(18)21-13)9-8-19(24)22-14-10-15(26-2)12-16(11-14)27-3/h4-7,10-12H,8-9H2,1-3H3,(H,22,24). The van der Waals surface area contributed by atoms with Crippen LogP contribution in [-0.4, -0.2) is 29.7 Å². The molecular weight excluding hydrogens is 346 g/mol. The number of benzene rings is 2. The van der Waals surface area contributed by atoms with Crippen molar-refractivity contribution >= 4 is 22.6 Å². The molecule has 0 spiro atoms. The Morgan fingerprint density at radius 1 is 1.11 bits per heavy atom. The maximum absolute atomic E-state index is 12.5. The first-order valence-corrected chi connectivity index (χ1v) is 8.51. The first-order valence-electron chi connectivity index (χ1n) is 8.51. The number of amides is 1. The highest BCUT2D eigenvalue weighted by Gasteiger charge is 2.11. The van der Waals surface area contributed by atoms with E-state index in [1.54, 1.807) is 43.9 Å². The number of anilines is 1. The minimum absolute atomic E-state index is 0.146. The number of para-hydroxylation sites is 2. The van der Waals surface area contributed by atoms with Crippen LogP contribution in [0.1, 0.15) is 12.1 Å². The van der Waals surface area contributed by atoms with E-state index in [0.29, 0.717) is 28.4 Å². The lowest BCUT2D eigenvalue weighted by molar-refractivity contribution is -0.116. The summed E-state index contributed by atoms with van der Waals surface area (Å²) in [5.74, 6) is 0.948. The van der Waals surface area contributed by atoms with Crippen LogP contribution in [0, 0.1) is 6.92 Å². The van der Waals surface area contributed by atoms with Crippen molar-refractivity contribution in [2.75, 3.05) is 19.5 Å². The smallest absolute Gasteiger partial charge is 0.272 e. The Hall–Kier alpha value is -3.35. The number of rotatable bonds is 6. The predicted molar refractivity (Wildman–Crippen MR) is 104 cm³/mol. The Morgan fingerprint density at radius 3 is 2.44 bits per heavy atom. The lowest BCUT2D eigenvalue weighted by Crippen LogP contribution is -2.26. The number of nitrogens with one attached hydrogen (secondary N) is 1. The molecule has 2 aromatic carbocycles. The van der Waals surface area contributed by atoms with Crippen LogP contribution in [0.2, 0.25) is 0 Å². The van der Waals surface area contributed by atoms with Gasteiger partial charge in [-0.1, -0.05) is 12.1 Å². The highest BCUT2D eigenvalue weighted by Crippen LogP contribution is 2.25. The van der Waals surface area contributed by atoms with E-state index in [0.717, 1.165) is 5.52 Å². The van der Waals surface area contributed by atoms with Gasteiger partial charge in [-0.05, 0) is 19.1 Å². The van der Waals surface area contributed by atoms with E-state index in [1.807, 2.05) is 24.3 Å². The lowest BCUT2D eigenvalue weighted by Gasteiger charge is -2.12. The molecule has 0 aliphatic heterocycles. The Kier molecular flexibility index (Phi) is 5.40. The van der Waals surface area contributed by atoms with Gasteiger partial charge in [-0.3, -0.25) is 9.59 Å². The number of hydrogen-bond donors (Lipinski definition) is 1. The predicted octanol–water partition coefficient (Wildman–Crippen LogP) is 2.75. The quantitative estimate of drug-likeness (QED) is 0.724. The van der Waals surface area contributed by atoms with Gasteiger partial charge in [-0.25, -0.2) is 4.98 Å². The van der Waals surface area contributed by atoms with Gasteiger partial charge >= 0.3 is 0 Å². The summed E-state index contributed by atoms with van der Waals surface area (Å²) in [6, 6.07) is 12.5. The van der Waals surface area contributed by atoms with E-state index in [2.05, 4.69) is 10.3 Å². The molecular formula is C20H21N3O4. The zero-order valence-corrected chi connectivity index (χ0v) is 15.5. The van der Waals surface area contributed by atoms with E-state index < -0.39 is 0 Å². The van der Waals surface area contributed by atoms with E-state index in [9.17, 15) is 9.59 Å². The monoisotopic (exact) mass is 367 g/mol. The number of methoxy groups -OCH3 is 2. The van der Waals surface area contributed by atoms with Gasteiger partial charge in [0.1, 0.15) is 17.2 Å². The molecule has 0 fully saturated rings. The molecule has 7 nitrogen and oxygen atoms in total. The van der Waals surface area contributed by atoms with Crippen LogP contribution in [0.3, 0.4) is 0 Å². The summed E-state index contributed by atoms with van der Waals surface area (Å²) in [4.78, 5) is 29.2. The Labute approximate surface area is 156 Å². The third-order valence-corrected chi connectivity index (χ3v) is 4.21. The van der Waals surface area contributed by atoms with Crippen LogP contribution < -0.4 is 20.3 Å². The second-order valence-corrected chi connectivity index (χ2v) is 6.04. The fourth-order valence-electron chi connectivity index (χ4n) is 2.86. The minimum Gasteiger partial charge on any atom is -0.497 e. The van der Waals surface area contributed by atoms with Crippen molar-refractivity contribution in [2.45, 2.75) is 19.9 Å². The van der Waals surface area contributed by atoms with E-state index in [-0.39, 0.29) is 24.4 Å². The molecule has 0 radical (unpaired) electrons. The summed E-state index contributed by atoms with van der Waals surface area (Å²) in [7, 11) is 3.09. The molecule has 0 aliphatic rings. The summed E-state index contributed by atoms with van der Waals surface area (Å²) in [6.45, 7) is 1.93. The largest absolute Gasteiger partial charge is 0.497 e. The molecule has 0 aliphatic carbocycles. The molecule has 0 unspecified atom stereocenters.